The normalized spacial score (nSPS) is 10.5. The summed E-state index contributed by atoms with van der Waals surface area (Å²) in [6, 6.07) is 7.60. The van der Waals surface area contributed by atoms with Gasteiger partial charge in [-0.15, -0.1) is 0 Å². The first-order chi connectivity index (χ1) is 7.31. The van der Waals surface area contributed by atoms with Crippen LogP contribution < -0.4 is 5.32 Å². The molecule has 0 atom stereocenters. The highest BCUT2D eigenvalue weighted by atomic mass is 16.3. The highest BCUT2D eigenvalue weighted by Gasteiger charge is 2.05. The zero-order chi connectivity index (χ0) is 10.7. The molecule has 0 saturated carbocycles. The van der Waals surface area contributed by atoms with E-state index < -0.39 is 6.61 Å². The summed E-state index contributed by atoms with van der Waals surface area (Å²) in [5, 5.41) is 12.1. The summed E-state index contributed by atoms with van der Waals surface area (Å²) in [5.74, 6) is -0.389. The zero-order valence-corrected chi connectivity index (χ0v) is 8.06. The van der Waals surface area contributed by atoms with Gasteiger partial charge in [-0.1, -0.05) is 18.2 Å². The Morgan fingerprint density at radius 1 is 1.40 bits per heavy atom. The fourth-order valence-electron chi connectivity index (χ4n) is 1.42. The molecule has 0 aliphatic carbocycles. The van der Waals surface area contributed by atoms with Gasteiger partial charge in [0.15, 0.2) is 0 Å². The smallest absolute Gasteiger partial charge is 0.245 e. The first-order valence-corrected chi connectivity index (χ1v) is 4.64. The number of nitrogens with one attached hydrogen (secondary N) is 1. The van der Waals surface area contributed by atoms with Crippen LogP contribution in [0.1, 0.15) is 5.56 Å². The van der Waals surface area contributed by atoms with Gasteiger partial charge >= 0.3 is 0 Å². The van der Waals surface area contributed by atoms with Crippen LogP contribution in [0.4, 0.5) is 0 Å². The maximum absolute atomic E-state index is 10.9. The van der Waals surface area contributed by atoms with Gasteiger partial charge in [0.05, 0.1) is 6.26 Å². The lowest BCUT2D eigenvalue weighted by molar-refractivity contribution is -0.123. The van der Waals surface area contributed by atoms with Gasteiger partial charge in [-0.3, -0.25) is 4.79 Å². The molecule has 0 aliphatic heterocycles. The molecule has 2 aromatic rings. The van der Waals surface area contributed by atoms with Gasteiger partial charge in [0.2, 0.25) is 5.91 Å². The predicted octanol–water partition coefficient (Wildman–Crippen LogP) is 1.04. The number of rotatable bonds is 3. The molecule has 1 aromatic heterocycles. The van der Waals surface area contributed by atoms with Gasteiger partial charge in [-0.2, -0.15) is 0 Å². The lowest BCUT2D eigenvalue weighted by atomic mass is 10.2. The molecule has 1 aromatic carbocycles. The molecular weight excluding hydrogens is 194 g/mol. The second kappa shape index (κ2) is 4.14. The lowest BCUT2D eigenvalue weighted by Crippen LogP contribution is -2.25. The van der Waals surface area contributed by atoms with Gasteiger partial charge in [0.1, 0.15) is 12.2 Å². The number of aliphatic hydroxyl groups is 1. The number of hydrogen-bond donors (Lipinski definition) is 2. The van der Waals surface area contributed by atoms with Crippen LogP contribution in [-0.4, -0.2) is 17.6 Å². The Hall–Kier alpha value is -1.81. The molecule has 2 rings (SSSR count). The average molecular weight is 205 g/mol. The van der Waals surface area contributed by atoms with Crippen molar-refractivity contribution in [1.82, 2.24) is 5.32 Å². The molecule has 0 radical (unpaired) electrons. The molecule has 0 bridgehead atoms. The van der Waals surface area contributed by atoms with Gasteiger partial charge in [-0.25, -0.2) is 0 Å². The molecule has 78 valence electrons. The maximum atomic E-state index is 10.9. The Balaban J connectivity index is 2.18. The van der Waals surface area contributed by atoms with Crippen molar-refractivity contribution in [2.45, 2.75) is 6.54 Å². The SMILES string of the molecule is O=C(CO)NCc1coc2ccccc12. The summed E-state index contributed by atoms with van der Waals surface area (Å²) >= 11 is 0. The third kappa shape index (κ3) is 1.99. The quantitative estimate of drug-likeness (QED) is 0.787. The van der Waals surface area contributed by atoms with Crippen LogP contribution in [0.3, 0.4) is 0 Å². The van der Waals surface area contributed by atoms with Crippen LogP contribution in [0.15, 0.2) is 34.9 Å². The van der Waals surface area contributed by atoms with Crippen LogP contribution in [-0.2, 0) is 11.3 Å². The van der Waals surface area contributed by atoms with E-state index in [0.29, 0.717) is 6.54 Å². The maximum Gasteiger partial charge on any atom is 0.245 e. The summed E-state index contributed by atoms with van der Waals surface area (Å²) < 4.78 is 5.30. The minimum atomic E-state index is -0.490. The van der Waals surface area contributed by atoms with E-state index in [4.69, 9.17) is 9.52 Å². The van der Waals surface area contributed by atoms with Crippen LogP contribution in [0.2, 0.25) is 0 Å². The Morgan fingerprint density at radius 3 is 3.00 bits per heavy atom. The number of carbonyl (C=O) groups is 1. The Bertz CT molecular complexity index is 475. The number of furan rings is 1. The van der Waals surface area contributed by atoms with Crippen molar-refractivity contribution in [3.63, 3.8) is 0 Å². The molecule has 15 heavy (non-hydrogen) atoms. The minimum Gasteiger partial charge on any atom is -0.464 e. The molecule has 0 fully saturated rings. The van der Waals surface area contributed by atoms with Crippen molar-refractivity contribution < 1.29 is 14.3 Å². The van der Waals surface area contributed by atoms with Crippen LogP contribution in [0.5, 0.6) is 0 Å². The average Bonchev–Trinajstić information content (AvgIpc) is 2.69. The second-order valence-corrected chi connectivity index (χ2v) is 3.19. The first kappa shape index (κ1) is 9.73. The number of amides is 1. The van der Waals surface area contributed by atoms with E-state index >= 15 is 0 Å². The van der Waals surface area contributed by atoms with Crippen molar-refractivity contribution in [3.05, 3.63) is 36.1 Å². The van der Waals surface area contributed by atoms with Crippen LogP contribution >= 0.6 is 0 Å². The van der Waals surface area contributed by atoms with E-state index in [1.807, 2.05) is 24.3 Å². The minimum absolute atomic E-state index is 0.371. The number of benzene rings is 1. The van der Waals surface area contributed by atoms with Gasteiger partial charge in [0, 0.05) is 17.5 Å². The molecular formula is C11H11NO3. The fraction of sp³-hybridized carbons (Fsp3) is 0.182. The molecule has 1 heterocycles. The Labute approximate surface area is 86.5 Å². The van der Waals surface area contributed by atoms with Crippen LogP contribution in [0, 0.1) is 0 Å². The van der Waals surface area contributed by atoms with E-state index in [0.717, 1.165) is 16.5 Å². The number of hydrogen-bond acceptors (Lipinski definition) is 3. The van der Waals surface area contributed by atoms with Crippen molar-refractivity contribution >= 4 is 16.9 Å². The standard InChI is InChI=1S/C11H11NO3/c13-6-11(14)12-5-8-7-15-10-4-2-1-3-9(8)10/h1-4,7,13H,5-6H2,(H,12,14). The highest BCUT2D eigenvalue weighted by Crippen LogP contribution is 2.20. The fourth-order valence-corrected chi connectivity index (χ4v) is 1.42. The number of para-hydroxylation sites is 1. The molecule has 4 heteroatoms. The second-order valence-electron chi connectivity index (χ2n) is 3.19. The first-order valence-electron chi connectivity index (χ1n) is 4.64. The summed E-state index contributed by atoms with van der Waals surface area (Å²) in [6.45, 7) is -0.119. The van der Waals surface area contributed by atoms with E-state index in [2.05, 4.69) is 5.32 Å². The zero-order valence-electron chi connectivity index (χ0n) is 8.06. The molecule has 4 nitrogen and oxygen atoms in total. The summed E-state index contributed by atoms with van der Waals surface area (Å²) in [4.78, 5) is 10.9. The van der Waals surface area contributed by atoms with E-state index in [1.54, 1.807) is 6.26 Å². The predicted molar refractivity (Wildman–Crippen MR) is 55.1 cm³/mol. The number of carbonyl (C=O) groups excluding carboxylic acids is 1. The monoisotopic (exact) mass is 205 g/mol. The van der Waals surface area contributed by atoms with Crippen molar-refractivity contribution in [1.29, 1.82) is 0 Å². The molecule has 0 unspecified atom stereocenters. The third-order valence-electron chi connectivity index (χ3n) is 2.18. The van der Waals surface area contributed by atoms with Gasteiger partial charge in [0.25, 0.3) is 0 Å². The van der Waals surface area contributed by atoms with Gasteiger partial charge < -0.3 is 14.8 Å². The van der Waals surface area contributed by atoms with Crippen molar-refractivity contribution in [2.75, 3.05) is 6.61 Å². The lowest BCUT2D eigenvalue weighted by Gasteiger charge is -2.00. The number of aliphatic hydroxyl groups excluding tert-OH is 1. The topological polar surface area (TPSA) is 62.5 Å². The largest absolute Gasteiger partial charge is 0.464 e. The van der Waals surface area contributed by atoms with E-state index in [1.165, 1.54) is 0 Å². The molecule has 2 N–H and O–H groups in total. The van der Waals surface area contributed by atoms with Crippen molar-refractivity contribution in [2.24, 2.45) is 0 Å². The van der Waals surface area contributed by atoms with E-state index in [-0.39, 0.29) is 5.91 Å². The van der Waals surface area contributed by atoms with Crippen molar-refractivity contribution in [3.8, 4) is 0 Å². The van der Waals surface area contributed by atoms with E-state index in [9.17, 15) is 4.79 Å². The molecule has 0 saturated heterocycles. The number of fused-ring (bicyclic) bond motifs is 1. The van der Waals surface area contributed by atoms with Gasteiger partial charge in [-0.05, 0) is 6.07 Å². The molecule has 0 aliphatic rings. The highest BCUT2D eigenvalue weighted by molar-refractivity contribution is 5.82. The third-order valence-corrected chi connectivity index (χ3v) is 2.18. The molecule has 1 amide bonds. The molecule has 0 spiro atoms. The van der Waals surface area contributed by atoms with Crippen LogP contribution in [0.25, 0.3) is 11.0 Å². The summed E-state index contributed by atoms with van der Waals surface area (Å²) in [6.07, 6.45) is 1.61. The Kier molecular flexibility index (Phi) is 2.69. The Morgan fingerprint density at radius 2 is 2.20 bits per heavy atom. The summed E-state index contributed by atoms with van der Waals surface area (Å²) in [7, 11) is 0. The summed E-state index contributed by atoms with van der Waals surface area (Å²) in [5.41, 5.74) is 1.71.